The van der Waals surface area contributed by atoms with Crippen molar-refractivity contribution in [3.8, 4) is 6.07 Å². The Kier molecular flexibility index (Phi) is 5.60. The molecule has 0 radical (unpaired) electrons. The summed E-state index contributed by atoms with van der Waals surface area (Å²) in [7, 11) is -3.55. The average molecular weight is 461 g/mol. The molecule has 0 saturated heterocycles. The Morgan fingerprint density at radius 2 is 1.94 bits per heavy atom. The van der Waals surface area contributed by atoms with Gasteiger partial charge in [-0.05, 0) is 31.0 Å². The summed E-state index contributed by atoms with van der Waals surface area (Å²) < 4.78 is 94.5. The molecule has 6 nitrogen and oxygen atoms in total. The lowest BCUT2D eigenvalue weighted by atomic mass is 9.70. The minimum atomic E-state index is -4.76. The van der Waals surface area contributed by atoms with Gasteiger partial charge in [0.1, 0.15) is 22.5 Å². The van der Waals surface area contributed by atoms with Crippen LogP contribution in [0.1, 0.15) is 35.3 Å². The molecule has 0 unspecified atom stereocenters. The zero-order valence-electron chi connectivity index (χ0n) is 16.1. The van der Waals surface area contributed by atoms with Crippen LogP contribution in [0.5, 0.6) is 0 Å². The molecule has 1 fully saturated rings. The highest BCUT2D eigenvalue weighted by atomic mass is 32.2. The van der Waals surface area contributed by atoms with Gasteiger partial charge in [-0.25, -0.2) is 17.2 Å². The van der Waals surface area contributed by atoms with E-state index >= 15 is 0 Å². The average Bonchev–Trinajstić information content (AvgIpc) is 2.94. The predicted molar refractivity (Wildman–Crippen MR) is 98.8 cm³/mol. The van der Waals surface area contributed by atoms with Gasteiger partial charge in [-0.1, -0.05) is 6.42 Å². The van der Waals surface area contributed by atoms with Crippen molar-refractivity contribution in [2.24, 2.45) is 12.5 Å². The second-order valence-electron chi connectivity index (χ2n) is 7.42. The smallest absolute Gasteiger partial charge is 0.343 e. The van der Waals surface area contributed by atoms with Crippen LogP contribution < -0.4 is 5.32 Å². The molecule has 0 aliphatic heterocycles. The molecule has 31 heavy (non-hydrogen) atoms. The number of halogens is 5. The van der Waals surface area contributed by atoms with Gasteiger partial charge in [0.15, 0.2) is 15.7 Å². The Balaban J connectivity index is 1.91. The predicted octanol–water partition coefficient (Wildman–Crippen LogP) is 3.93. The van der Waals surface area contributed by atoms with Gasteiger partial charge in [-0.15, -0.1) is 0 Å². The van der Waals surface area contributed by atoms with Crippen LogP contribution in [0.2, 0.25) is 0 Å². The Hall–Kier alpha value is -2.94. The number of benzene rings is 1. The SMILES string of the molecule is Cn1cc(S(=O)(=O)CC2(C(F)(F)F)CCC2)c(F)c1C(=O)Nc1ccc(F)c(C#N)c1. The Morgan fingerprint density at radius 3 is 2.45 bits per heavy atom. The van der Waals surface area contributed by atoms with E-state index in [4.69, 9.17) is 5.26 Å². The highest BCUT2D eigenvalue weighted by Gasteiger charge is 2.60. The quantitative estimate of drug-likeness (QED) is 0.683. The number of sulfone groups is 1. The standard InChI is InChI=1S/C19H16F5N3O3S/c1-27-9-14(31(29,30)10-18(5-2-6-18)19(22,23)24)15(21)16(27)17(28)26-12-3-4-13(20)11(7-12)8-25/h3-4,7,9H,2,5-6,10H2,1H3,(H,26,28). The van der Waals surface area contributed by atoms with Gasteiger partial charge in [0.25, 0.3) is 5.91 Å². The van der Waals surface area contributed by atoms with E-state index in [2.05, 4.69) is 5.32 Å². The summed E-state index contributed by atoms with van der Waals surface area (Å²) in [6.07, 6.45) is -4.55. The molecule has 0 atom stereocenters. The third kappa shape index (κ3) is 4.01. The minimum absolute atomic E-state index is 0.0570. The minimum Gasteiger partial charge on any atom is -0.343 e. The number of anilines is 1. The van der Waals surface area contributed by atoms with Gasteiger partial charge in [-0.3, -0.25) is 4.79 Å². The van der Waals surface area contributed by atoms with Crippen molar-refractivity contribution in [3.05, 3.63) is 47.3 Å². The number of nitriles is 1. The second-order valence-corrected chi connectivity index (χ2v) is 9.38. The number of rotatable bonds is 5. The number of nitrogens with zero attached hydrogens (tertiary/aromatic N) is 2. The van der Waals surface area contributed by atoms with Crippen LogP contribution >= 0.6 is 0 Å². The summed E-state index contributed by atoms with van der Waals surface area (Å²) in [5.41, 5.74) is -3.61. The molecule has 1 aromatic carbocycles. The van der Waals surface area contributed by atoms with Crippen LogP contribution in [0.4, 0.5) is 27.6 Å². The van der Waals surface area contributed by atoms with Gasteiger partial charge < -0.3 is 9.88 Å². The zero-order valence-corrected chi connectivity index (χ0v) is 16.9. The molecule has 166 valence electrons. The molecule has 12 heteroatoms. The molecule has 1 amide bonds. The molecule has 0 spiro atoms. The van der Waals surface area contributed by atoms with Crippen LogP contribution in [-0.4, -0.2) is 30.8 Å². The lowest BCUT2D eigenvalue weighted by Crippen LogP contribution is -2.48. The summed E-state index contributed by atoms with van der Waals surface area (Å²) in [6.45, 7) is 0. The zero-order chi connectivity index (χ0) is 23.2. The number of carbonyl (C=O) groups is 1. The fourth-order valence-electron chi connectivity index (χ4n) is 3.48. The van der Waals surface area contributed by atoms with Gasteiger partial charge in [-0.2, -0.15) is 18.4 Å². The third-order valence-electron chi connectivity index (χ3n) is 5.36. The Bertz CT molecular complexity index is 1190. The van der Waals surface area contributed by atoms with Gasteiger partial charge >= 0.3 is 6.18 Å². The van der Waals surface area contributed by atoms with E-state index in [1.165, 1.54) is 0 Å². The van der Waals surface area contributed by atoms with Crippen molar-refractivity contribution < 1.29 is 35.2 Å². The first kappa shape index (κ1) is 22.7. The molecule has 2 aromatic rings. The van der Waals surface area contributed by atoms with Crippen LogP contribution in [0, 0.1) is 28.4 Å². The normalized spacial score (nSPS) is 15.8. The molecule has 1 N–H and O–H groups in total. The van der Waals surface area contributed by atoms with E-state index in [-0.39, 0.29) is 30.5 Å². The van der Waals surface area contributed by atoms with Crippen molar-refractivity contribution in [3.63, 3.8) is 0 Å². The van der Waals surface area contributed by atoms with Crippen molar-refractivity contribution in [2.45, 2.75) is 30.3 Å². The fraction of sp³-hybridized carbons (Fsp3) is 0.368. The number of aromatic nitrogens is 1. The lowest BCUT2D eigenvalue weighted by molar-refractivity contribution is -0.241. The first-order chi connectivity index (χ1) is 14.3. The molecule has 3 rings (SSSR count). The number of hydrogen-bond donors (Lipinski definition) is 1. The molecule has 0 bridgehead atoms. The van der Waals surface area contributed by atoms with Crippen molar-refractivity contribution in [1.29, 1.82) is 5.26 Å². The van der Waals surface area contributed by atoms with Gasteiger partial charge in [0.2, 0.25) is 0 Å². The summed E-state index contributed by atoms with van der Waals surface area (Å²) in [4.78, 5) is 11.5. The van der Waals surface area contributed by atoms with Crippen molar-refractivity contribution in [2.75, 3.05) is 11.1 Å². The largest absolute Gasteiger partial charge is 0.395 e. The molecule has 1 saturated carbocycles. The number of amides is 1. The lowest BCUT2D eigenvalue weighted by Gasteiger charge is -2.42. The maximum Gasteiger partial charge on any atom is 0.395 e. The van der Waals surface area contributed by atoms with Crippen molar-refractivity contribution >= 4 is 21.4 Å². The monoisotopic (exact) mass is 461 g/mol. The summed E-state index contributed by atoms with van der Waals surface area (Å²) in [6, 6.07) is 4.57. The summed E-state index contributed by atoms with van der Waals surface area (Å²) in [5.74, 6) is -4.76. The Labute approximate surface area is 174 Å². The third-order valence-corrected chi connectivity index (χ3v) is 7.25. The van der Waals surface area contributed by atoms with E-state index in [0.717, 1.165) is 36.0 Å². The van der Waals surface area contributed by atoms with Crippen LogP contribution in [0.3, 0.4) is 0 Å². The molecule has 1 heterocycles. The first-order valence-electron chi connectivity index (χ1n) is 8.97. The van der Waals surface area contributed by atoms with E-state index in [0.29, 0.717) is 0 Å². The highest BCUT2D eigenvalue weighted by molar-refractivity contribution is 7.91. The summed E-state index contributed by atoms with van der Waals surface area (Å²) in [5, 5.41) is 11.0. The molecule has 1 aromatic heterocycles. The first-order valence-corrected chi connectivity index (χ1v) is 10.6. The molecule has 1 aliphatic rings. The van der Waals surface area contributed by atoms with Crippen LogP contribution in [-0.2, 0) is 16.9 Å². The van der Waals surface area contributed by atoms with Crippen molar-refractivity contribution in [1.82, 2.24) is 4.57 Å². The number of hydrogen-bond acceptors (Lipinski definition) is 4. The maximum atomic E-state index is 14.9. The number of alkyl halides is 3. The van der Waals surface area contributed by atoms with E-state index in [1.54, 1.807) is 6.07 Å². The topological polar surface area (TPSA) is 92.0 Å². The number of carbonyl (C=O) groups excluding carboxylic acids is 1. The number of aryl methyl sites for hydroxylation is 1. The van der Waals surface area contributed by atoms with Crippen LogP contribution in [0.15, 0.2) is 29.3 Å². The van der Waals surface area contributed by atoms with E-state index < -0.39 is 55.3 Å². The fourth-order valence-corrected chi connectivity index (χ4v) is 5.50. The van der Waals surface area contributed by atoms with Crippen LogP contribution in [0.25, 0.3) is 0 Å². The maximum absolute atomic E-state index is 14.9. The van der Waals surface area contributed by atoms with E-state index in [1.807, 2.05) is 0 Å². The van der Waals surface area contributed by atoms with Gasteiger partial charge in [0.05, 0.1) is 16.7 Å². The molecular weight excluding hydrogens is 445 g/mol. The highest BCUT2D eigenvalue weighted by Crippen LogP contribution is 2.54. The van der Waals surface area contributed by atoms with E-state index in [9.17, 15) is 35.2 Å². The van der Waals surface area contributed by atoms with Gasteiger partial charge in [0, 0.05) is 18.9 Å². The molecule has 1 aliphatic carbocycles. The Morgan fingerprint density at radius 1 is 1.29 bits per heavy atom. The molecular formula is C19H16F5N3O3S. The summed E-state index contributed by atoms with van der Waals surface area (Å²) >= 11 is 0. The second kappa shape index (κ2) is 7.64. The number of nitrogens with one attached hydrogen (secondary N) is 1.